The van der Waals surface area contributed by atoms with Crippen LogP contribution < -0.4 is 5.73 Å². The normalized spacial score (nSPS) is 14.4. The van der Waals surface area contributed by atoms with Gasteiger partial charge in [0.15, 0.2) is 5.15 Å². The molecule has 1 rings (SSSR count). The van der Waals surface area contributed by atoms with Gasteiger partial charge >= 0.3 is 0 Å². The fraction of sp³-hybridized carbons (Fsp3) is 0.667. The third-order valence-electron chi connectivity index (χ3n) is 2.06. The van der Waals surface area contributed by atoms with Gasteiger partial charge in [-0.25, -0.2) is 0 Å². The van der Waals surface area contributed by atoms with Crippen LogP contribution >= 0.6 is 11.6 Å². The summed E-state index contributed by atoms with van der Waals surface area (Å²) in [6.07, 6.45) is -0.754. The smallest absolute Gasteiger partial charge is 0.156 e. The zero-order chi connectivity index (χ0) is 10.9. The molecule has 0 aromatic carbocycles. The molecule has 0 aliphatic rings. The Balaban J connectivity index is 3.19. The van der Waals surface area contributed by atoms with Crippen molar-refractivity contribution in [1.82, 2.24) is 10.2 Å². The van der Waals surface area contributed by atoms with E-state index in [-0.39, 0.29) is 12.0 Å². The fourth-order valence-corrected chi connectivity index (χ4v) is 1.58. The van der Waals surface area contributed by atoms with Crippen LogP contribution in [0, 0.1) is 0 Å². The van der Waals surface area contributed by atoms with Gasteiger partial charge in [0.1, 0.15) is 0 Å². The van der Waals surface area contributed by atoms with Crippen LogP contribution in [0.4, 0.5) is 0 Å². The zero-order valence-corrected chi connectivity index (χ0v) is 9.39. The molecular formula is C9H16ClN3O. The van der Waals surface area contributed by atoms with E-state index in [4.69, 9.17) is 17.3 Å². The number of aromatic nitrogens is 2. The van der Waals surface area contributed by atoms with Gasteiger partial charge in [-0.15, -0.1) is 0 Å². The fourth-order valence-electron chi connectivity index (χ4n) is 1.32. The van der Waals surface area contributed by atoms with Gasteiger partial charge in [-0.05, 0) is 0 Å². The number of H-pyrrole nitrogens is 1. The van der Waals surface area contributed by atoms with Crippen molar-refractivity contribution in [2.24, 2.45) is 5.73 Å². The average Bonchev–Trinajstić information content (AvgIpc) is 2.45. The molecule has 0 saturated carbocycles. The SMILES string of the molecule is CC(C)(C)c1[nH]nc(Cl)c1C(O)CN. The number of nitrogens with zero attached hydrogens (tertiary/aromatic N) is 1. The van der Waals surface area contributed by atoms with Crippen LogP contribution in [-0.4, -0.2) is 21.8 Å². The average molecular weight is 218 g/mol. The third-order valence-corrected chi connectivity index (χ3v) is 2.35. The van der Waals surface area contributed by atoms with Crippen molar-refractivity contribution in [2.45, 2.75) is 32.3 Å². The van der Waals surface area contributed by atoms with Gasteiger partial charge in [0.05, 0.1) is 6.10 Å². The highest BCUT2D eigenvalue weighted by Crippen LogP contribution is 2.31. The highest BCUT2D eigenvalue weighted by atomic mass is 35.5. The molecule has 0 radical (unpaired) electrons. The Labute approximate surface area is 88.5 Å². The van der Waals surface area contributed by atoms with Crippen LogP contribution in [0.2, 0.25) is 5.15 Å². The van der Waals surface area contributed by atoms with E-state index in [1.54, 1.807) is 0 Å². The summed E-state index contributed by atoms with van der Waals surface area (Å²) in [6, 6.07) is 0. The Morgan fingerprint density at radius 1 is 1.57 bits per heavy atom. The largest absolute Gasteiger partial charge is 0.387 e. The number of rotatable bonds is 2. The van der Waals surface area contributed by atoms with Crippen LogP contribution in [0.3, 0.4) is 0 Å². The van der Waals surface area contributed by atoms with Crippen LogP contribution in [0.5, 0.6) is 0 Å². The monoisotopic (exact) mass is 217 g/mol. The van der Waals surface area contributed by atoms with Crippen molar-refractivity contribution in [3.63, 3.8) is 0 Å². The molecule has 0 amide bonds. The lowest BCUT2D eigenvalue weighted by molar-refractivity contribution is 0.184. The molecule has 1 atom stereocenters. The minimum Gasteiger partial charge on any atom is -0.387 e. The van der Waals surface area contributed by atoms with Crippen LogP contribution in [-0.2, 0) is 5.41 Å². The predicted octanol–water partition coefficient (Wildman–Crippen LogP) is 1.35. The molecule has 5 heteroatoms. The molecular weight excluding hydrogens is 202 g/mol. The second kappa shape index (κ2) is 3.88. The number of nitrogens with two attached hydrogens (primary N) is 1. The molecule has 1 aromatic rings. The minimum atomic E-state index is -0.754. The quantitative estimate of drug-likeness (QED) is 0.700. The van der Waals surface area contributed by atoms with Crippen LogP contribution in [0.25, 0.3) is 0 Å². The van der Waals surface area contributed by atoms with Gasteiger partial charge in [0, 0.05) is 23.2 Å². The topological polar surface area (TPSA) is 74.9 Å². The summed E-state index contributed by atoms with van der Waals surface area (Å²) < 4.78 is 0. The van der Waals surface area contributed by atoms with E-state index in [1.165, 1.54) is 0 Å². The van der Waals surface area contributed by atoms with Crippen LogP contribution in [0.15, 0.2) is 0 Å². The molecule has 0 aliphatic heterocycles. The summed E-state index contributed by atoms with van der Waals surface area (Å²) in [5, 5.41) is 16.7. The molecule has 0 fully saturated rings. The van der Waals surface area contributed by atoms with Gasteiger partial charge in [-0.2, -0.15) is 5.10 Å². The first-order chi connectivity index (χ1) is 6.38. The predicted molar refractivity (Wildman–Crippen MR) is 56.3 cm³/mol. The molecule has 14 heavy (non-hydrogen) atoms. The maximum Gasteiger partial charge on any atom is 0.156 e. The zero-order valence-electron chi connectivity index (χ0n) is 8.63. The number of hydrogen-bond donors (Lipinski definition) is 3. The first-order valence-electron chi connectivity index (χ1n) is 4.50. The molecule has 4 nitrogen and oxygen atoms in total. The number of aliphatic hydroxyl groups excluding tert-OH is 1. The van der Waals surface area contributed by atoms with Gasteiger partial charge in [0.25, 0.3) is 0 Å². The Morgan fingerprint density at radius 2 is 2.14 bits per heavy atom. The van der Waals surface area contributed by atoms with Crippen molar-refractivity contribution in [3.05, 3.63) is 16.4 Å². The summed E-state index contributed by atoms with van der Waals surface area (Å²) in [5.41, 5.74) is 6.71. The van der Waals surface area contributed by atoms with E-state index in [9.17, 15) is 5.11 Å². The van der Waals surface area contributed by atoms with E-state index in [2.05, 4.69) is 10.2 Å². The van der Waals surface area contributed by atoms with Gasteiger partial charge in [-0.1, -0.05) is 32.4 Å². The Kier molecular flexibility index (Phi) is 3.19. The molecule has 80 valence electrons. The first kappa shape index (κ1) is 11.5. The molecule has 4 N–H and O–H groups in total. The number of nitrogens with one attached hydrogen (secondary N) is 1. The Hall–Kier alpha value is -0.580. The van der Waals surface area contributed by atoms with E-state index < -0.39 is 6.10 Å². The molecule has 0 spiro atoms. The summed E-state index contributed by atoms with van der Waals surface area (Å²) in [6.45, 7) is 6.19. The number of aromatic amines is 1. The highest BCUT2D eigenvalue weighted by Gasteiger charge is 2.26. The van der Waals surface area contributed by atoms with E-state index >= 15 is 0 Å². The number of hydrogen-bond acceptors (Lipinski definition) is 3. The lowest BCUT2D eigenvalue weighted by Gasteiger charge is -2.20. The van der Waals surface area contributed by atoms with Crippen LogP contribution in [0.1, 0.15) is 38.1 Å². The summed E-state index contributed by atoms with van der Waals surface area (Å²) in [4.78, 5) is 0. The number of halogens is 1. The Morgan fingerprint density at radius 3 is 2.57 bits per heavy atom. The van der Waals surface area contributed by atoms with E-state index in [0.717, 1.165) is 5.69 Å². The van der Waals surface area contributed by atoms with E-state index in [0.29, 0.717) is 10.7 Å². The molecule has 1 unspecified atom stereocenters. The molecule has 1 aromatic heterocycles. The van der Waals surface area contributed by atoms with Crippen molar-refractivity contribution in [3.8, 4) is 0 Å². The second-order valence-electron chi connectivity index (χ2n) is 4.30. The second-order valence-corrected chi connectivity index (χ2v) is 4.66. The molecule has 1 heterocycles. The lowest BCUT2D eigenvalue weighted by atomic mass is 9.88. The molecule has 0 aliphatic carbocycles. The standard InChI is InChI=1S/C9H16ClN3O/c1-9(2,3)7-6(5(14)4-11)8(10)13-12-7/h5,14H,4,11H2,1-3H3,(H,12,13). The van der Waals surface area contributed by atoms with Gasteiger partial charge in [0.2, 0.25) is 0 Å². The summed E-state index contributed by atoms with van der Waals surface area (Å²) >= 11 is 5.87. The van der Waals surface area contributed by atoms with Crippen molar-refractivity contribution in [2.75, 3.05) is 6.54 Å². The van der Waals surface area contributed by atoms with Crippen molar-refractivity contribution < 1.29 is 5.11 Å². The van der Waals surface area contributed by atoms with Gasteiger partial charge < -0.3 is 10.8 Å². The number of aliphatic hydroxyl groups is 1. The van der Waals surface area contributed by atoms with Gasteiger partial charge in [-0.3, -0.25) is 5.10 Å². The Bertz CT molecular complexity index is 316. The van der Waals surface area contributed by atoms with Crippen molar-refractivity contribution in [1.29, 1.82) is 0 Å². The maximum atomic E-state index is 9.67. The van der Waals surface area contributed by atoms with E-state index in [1.807, 2.05) is 20.8 Å². The maximum absolute atomic E-state index is 9.67. The summed E-state index contributed by atoms with van der Waals surface area (Å²) in [7, 11) is 0. The summed E-state index contributed by atoms with van der Waals surface area (Å²) in [5.74, 6) is 0. The minimum absolute atomic E-state index is 0.133. The highest BCUT2D eigenvalue weighted by molar-refractivity contribution is 6.30. The molecule has 0 saturated heterocycles. The molecule has 0 bridgehead atoms. The lowest BCUT2D eigenvalue weighted by Crippen LogP contribution is -2.19. The third kappa shape index (κ3) is 2.08. The van der Waals surface area contributed by atoms with Crippen molar-refractivity contribution >= 4 is 11.6 Å². The first-order valence-corrected chi connectivity index (χ1v) is 4.88.